The molecule has 0 atom stereocenters. The van der Waals surface area contributed by atoms with Gasteiger partial charge >= 0.3 is 0 Å². The molecule has 1 aromatic carbocycles. The van der Waals surface area contributed by atoms with Gasteiger partial charge in [-0.05, 0) is 19.1 Å². The van der Waals surface area contributed by atoms with Crippen LogP contribution < -0.4 is 14.2 Å². The Morgan fingerprint density at radius 1 is 1.20 bits per heavy atom. The zero-order valence-corrected chi connectivity index (χ0v) is 13.8. The normalized spacial score (nSPS) is 12.8. The number of rotatable bonds is 4. The van der Waals surface area contributed by atoms with Gasteiger partial charge in [-0.1, -0.05) is 16.5 Å². The van der Waals surface area contributed by atoms with Crippen LogP contribution in [0.4, 0.5) is 0 Å². The number of ether oxygens (including phenoxy) is 3. The minimum absolute atomic E-state index is 0.224. The number of nitrogens with zero attached hydrogens (tertiary/aromatic N) is 5. The van der Waals surface area contributed by atoms with Gasteiger partial charge in [-0.2, -0.15) is 9.61 Å². The van der Waals surface area contributed by atoms with Crippen molar-refractivity contribution in [3.05, 3.63) is 35.9 Å². The molecule has 0 fully saturated rings. The zero-order chi connectivity index (χ0) is 16.8. The summed E-state index contributed by atoms with van der Waals surface area (Å²) in [4.78, 5) is 0.667. The van der Waals surface area contributed by atoms with Crippen LogP contribution >= 0.6 is 11.3 Å². The summed E-state index contributed by atoms with van der Waals surface area (Å²) in [5, 5.41) is 17.4. The largest absolute Gasteiger partial charge is 0.485 e. The lowest BCUT2D eigenvalue weighted by Crippen LogP contribution is -2.02. The number of benzene rings is 1. The van der Waals surface area contributed by atoms with E-state index in [9.17, 15) is 0 Å². The standard InChI is InChI=1S/C15H11N5O4S/c1-8-4-10(19-24-8)14-18-20-13(16-17-15(20)25-14)6-21-9-2-3-11-12(5-9)23-7-22-11/h2-5H,6-7H2,1H3. The second-order valence-corrected chi connectivity index (χ2v) is 6.30. The fourth-order valence-electron chi connectivity index (χ4n) is 2.43. The van der Waals surface area contributed by atoms with Crippen molar-refractivity contribution in [2.75, 3.05) is 6.79 Å². The number of hydrogen-bond acceptors (Lipinski definition) is 9. The first-order chi connectivity index (χ1) is 12.3. The van der Waals surface area contributed by atoms with Gasteiger partial charge in [0, 0.05) is 12.1 Å². The van der Waals surface area contributed by atoms with Crippen molar-refractivity contribution < 1.29 is 18.7 Å². The SMILES string of the molecule is Cc1cc(-c2nn3c(COc4ccc5c(c4)OCO5)nnc3s2)no1. The molecule has 0 saturated heterocycles. The first kappa shape index (κ1) is 14.2. The van der Waals surface area contributed by atoms with Crippen LogP contribution in [-0.2, 0) is 6.61 Å². The summed E-state index contributed by atoms with van der Waals surface area (Å²) in [5.41, 5.74) is 0.677. The van der Waals surface area contributed by atoms with E-state index in [0.29, 0.717) is 38.7 Å². The highest BCUT2D eigenvalue weighted by Gasteiger charge is 2.17. The molecule has 25 heavy (non-hydrogen) atoms. The Kier molecular flexibility index (Phi) is 3.10. The highest BCUT2D eigenvalue weighted by Crippen LogP contribution is 2.35. The molecule has 1 aliphatic heterocycles. The van der Waals surface area contributed by atoms with Crippen molar-refractivity contribution in [3.8, 4) is 28.0 Å². The molecule has 4 aromatic rings. The fourth-order valence-corrected chi connectivity index (χ4v) is 3.24. The highest BCUT2D eigenvalue weighted by molar-refractivity contribution is 7.19. The van der Waals surface area contributed by atoms with Crippen LogP contribution in [0.5, 0.6) is 17.2 Å². The zero-order valence-electron chi connectivity index (χ0n) is 13.0. The summed E-state index contributed by atoms with van der Waals surface area (Å²) in [5.74, 6) is 3.36. The third kappa shape index (κ3) is 2.47. The quantitative estimate of drug-likeness (QED) is 0.549. The van der Waals surface area contributed by atoms with E-state index in [4.69, 9.17) is 18.7 Å². The first-order valence-corrected chi connectivity index (χ1v) is 8.25. The minimum Gasteiger partial charge on any atom is -0.485 e. The maximum atomic E-state index is 5.77. The summed E-state index contributed by atoms with van der Waals surface area (Å²) in [7, 11) is 0. The molecule has 0 bridgehead atoms. The topological polar surface area (TPSA) is 96.8 Å². The minimum atomic E-state index is 0.224. The van der Waals surface area contributed by atoms with E-state index in [2.05, 4.69) is 20.5 Å². The molecular formula is C15H11N5O4S. The van der Waals surface area contributed by atoms with Crippen LogP contribution in [0.3, 0.4) is 0 Å². The molecule has 3 aromatic heterocycles. The van der Waals surface area contributed by atoms with E-state index in [1.165, 1.54) is 11.3 Å². The highest BCUT2D eigenvalue weighted by atomic mass is 32.1. The molecule has 4 heterocycles. The number of fused-ring (bicyclic) bond motifs is 2. The molecule has 0 radical (unpaired) electrons. The van der Waals surface area contributed by atoms with Gasteiger partial charge in [0.15, 0.2) is 22.3 Å². The molecule has 0 saturated carbocycles. The van der Waals surface area contributed by atoms with Crippen molar-refractivity contribution in [1.29, 1.82) is 0 Å². The maximum absolute atomic E-state index is 5.77. The van der Waals surface area contributed by atoms with E-state index in [1.807, 2.05) is 25.1 Å². The average Bonchev–Trinajstić information content (AvgIpc) is 3.36. The Hall–Kier alpha value is -3.14. The Balaban J connectivity index is 1.38. The Bertz CT molecular complexity index is 1070. The molecule has 9 nitrogen and oxygen atoms in total. The molecule has 0 amide bonds. The molecule has 0 spiro atoms. The van der Waals surface area contributed by atoms with Gasteiger partial charge in [0.2, 0.25) is 11.8 Å². The Morgan fingerprint density at radius 2 is 2.12 bits per heavy atom. The fraction of sp³-hybridized carbons (Fsp3) is 0.200. The lowest BCUT2D eigenvalue weighted by Gasteiger charge is -2.04. The van der Waals surface area contributed by atoms with Crippen LogP contribution in [-0.4, -0.2) is 31.8 Å². The van der Waals surface area contributed by atoms with Crippen LogP contribution in [0, 0.1) is 6.92 Å². The lowest BCUT2D eigenvalue weighted by atomic mass is 10.3. The summed E-state index contributed by atoms with van der Waals surface area (Å²) in [6.07, 6.45) is 0. The van der Waals surface area contributed by atoms with Crippen LogP contribution in [0.15, 0.2) is 28.8 Å². The van der Waals surface area contributed by atoms with Gasteiger partial charge in [-0.25, -0.2) is 0 Å². The molecule has 0 unspecified atom stereocenters. The van der Waals surface area contributed by atoms with E-state index in [-0.39, 0.29) is 13.4 Å². The van der Waals surface area contributed by atoms with Gasteiger partial charge in [0.25, 0.3) is 0 Å². The van der Waals surface area contributed by atoms with Gasteiger partial charge in [0.1, 0.15) is 23.8 Å². The first-order valence-electron chi connectivity index (χ1n) is 7.43. The monoisotopic (exact) mass is 357 g/mol. The predicted octanol–water partition coefficient (Wildman–Crippen LogP) is 2.46. The summed E-state index contributed by atoms with van der Waals surface area (Å²) >= 11 is 1.39. The predicted molar refractivity (Wildman–Crippen MR) is 85.8 cm³/mol. The number of aromatic nitrogens is 5. The van der Waals surface area contributed by atoms with Crippen LogP contribution in [0.2, 0.25) is 0 Å². The molecule has 1 aliphatic rings. The van der Waals surface area contributed by atoms with Crippen molar-refractivity contribution in [3.63, 3.8) is 0 Å². The molecule has 126 valence electrons. The molecule has 0 N–H and O–H groups in total. The van der Waals surface area contributed by atoms with Gasteiger partial charge in [0.05, 0.1) is 0 Å². The molecule has 0 aliphatic carbocycles. The summed E-state index contributed by atoms with van der Waals surface area (Å²) in [6, 6.07) is 7.24. The second-order valence-electron chi connectivity index (χ2n) is 5.34. The Morgan fingerprint density at radius 3 is 3.00 bits per heavy atom. The van der Waals surface area contributed by atoms with Crippen molar-refractivity contribution in [1.82, 2.24) is 25.0 Å². The van der Waals surface area contributed by atoms with Crippen LogP contribution in [0.1, 0.15) is 11.6 Å². The molecule has 10 heteroatoms. The Labute approximate surface area is 144 Å². The third-order valence-corrected chi connectivity index (χ3v) is 4.54. The van der Waals surface area contributed by atoms with Gasteiger partial charge in [-0.15, -0.1) is 10.2 Å². The number of aryl methyl sites for hydroxylation is 1. The van der Waals surface area contributed by atoms with E-state index in [0.717, 1.165) is 5.76 Å². The average molecular weight is 357 g/mol. The van der Waals surface area contributed by atoms with Gasteiger partial charge in [-0.3, -0.25) is 0 Å². The third-order valence-electron chi connectivity index (χ3n) is 3.61. The van der Waals surface area contributed by atoms with Crippen LogP contribution in [0.25, 0.3) is 15.7 Å². The van der Waals surface area contributed by atoms with Crippen molar-refractivity contribution >= 4 is 16.3 Å². The van der Waals surface area contributed by atoms with Gasteiger partial charge < -0.3 is 18.7 Å². The molecule has 5 rings (SSSR count). The second kappa shape index (κ2) is 5.45. The molecular weight excluding hydrogens is 346 g/mol. The van der Waals surface area contributed by atoms with Crippen molar-refractivity contribution in [2.45, 2.75) is 13.5 Å². The van der Waals surface area contributed by atoms with Crippen molar-refractivity contribution in [2.24, 2.45) is 0 Å². The van der Waals surface area contributed by atoms with E-state index >= 15 is 0 Å². The summed E-state index contributed by atoms with van der Waals surface area (Å²) in [6.45, 7) is 2.29. The maximum Gasteiger partial charge on any atom is 0.235 e. The number of hydrogen-bond donors (Lipinski definition) is 0. The van der Waals surface area contributed by atoms with E-state index < -0.39 is 0 Å². The van der Waals surface area contributed by atoms with E-state index in [1.54, 1.807) is 10.6 Å². The lowest BCUT2D eigenvalue weighted by molar-refractivity contribution is 0.173. The summed E-state index contributed by atoms with van der Waals surface area (Å²) < 4.78 is 23.1. The smallest absolute Gasteiger partial charge is 0.235 e.